The number of Topliss-reactive ketones (excluding diaryl/α,β-unsaturated/α-hetero) is 1. The fraction of sp³-hybridized carbons (Fsp3) is 0.200. The van der Waals surface area contributed by atoms with Crippen molar-refractivity contribution >= 4 is 57.7 Å². The Morgan fingerprint density at radius 1 is 1.09 bits per heavy atom. The Morgan fingerprint density at radius 3 is 2.47 bits per heavy atom. The highest BCUT2D eigenvalue weighted by molar-refractivity contribution is 7.10. The molecule has 1 N–H and O–H groups in total. The number of ketones is 1. The lowest BCUT2D eigenvalue weighted by Gasteiger charge is -2.25. The number of thiophene rings is 1. The number of carbonyl (C=O) groups is 2. The second-order valence-corrected chi connectivity index (χ2v) is 9.30. The van der Waals surface area contributed by atoms with E-state index in [9.17, 15) is 14.7 Å². The third-order valence-electron chi connectivity index (χ3n) is 5.51. The lowest BCUT2D eigenvalue weighted by molar-refractivity contribution is -0.132. The van der Waals surface area contributed by atoms with Crippen LogP contribution in [0.3, 0.4) is 0 Å². The first-order valence-corrected chi connectivity index (χ1v) is 12.0. The number of aryl methyl sites for hydroxylation is 1. The van der Waals surface area contributed by atoms with Crippen LogP contribution < -0.4 is 14.4 Å². The molecule has 0 bridgehead atoms. The summed E-state index contributed by atoms with van der Waals surface area (Å²) in [5.74, 6) is -1.06. The molecule has 0 spiro atoms. The first-order valence-electron chi connectivity index (χ1n) is 10.4. The minimum atomic E-state index is -0.837. The molecule has 4 rings (SSSR count). The largest absolute Gasteiger partial charge is 0.507 e. The van der Waals surface area contributed by atoms with Crippen molar-refractivity contribution in [3.8, 4) is 11.5 Å². The second kappa shape index (κ2) is 9.70. The van der Waals surface area contributed by atoms with Crippen molar-refractivity contribution < 1.29 is 24.2 Å². The second-order valence-electron chi connectivity index (χ2n) is 7.53. The van der Waals surface area contributed by atoms with Gasteiger partial charge in [0.2, 0.25) is 0 Å². The van der Waals surface area contributed by atoms with Crippen molar-refractivity contribution in [2.24, 2.45) is 0 Å². The van der Waals surface area contributed by atoms with Crippen LogP contribution in [-0.2, 0) is 9.59 Å². The van der Waals surface area contributed by atoms with E-state index in [0.29, 0.717) is 39.4 Å². The third-order valence-corrected chi connectivity index (χ3v) is 7.19. The molecule has 2 aromatic carbocycles. The predicted molar refractivity (Wildman–Crippen MR) is 134 cm³/mol. The van der Waals surface area contributed by atoms with E-state index in [1.54, 1.807) is 36.4 Å². The standard InChI is InChI=1S/C25H21Cl2NO5S/c1-4-33-19-11-14(5-7-16(19)26)22(29)20-21(24-13(2)9-10-34-24)28(25(31)23(20)30)15-6-8-18(32-3)17(27)12-15/h5-12,21,29H,4H2,1-3H3/b22-20-. The smallest absolute Gasteiger partial charge is 0.300 e. The molecule has 1 unspecified atom stereocenters. The van der Waals surface area contributed by atoms with Gasteiger partial charge in [0, 0.05) is 16.1 Å². The highest BCUT2D eigenvalue weighted by Crippen LogP contribution is 2.46. The van der Waals surface area contributed by atoms with Crippen molar-refractivity contribution in [2.45, 2.75) is 19.9 Å². The Balaban J connectivity index is 1.93. The molecule has 3 aromatic rings. The Kier molecular flexibility index (Phi) is 6.89. The average molecular weight is 518 g/mol. The average Bonchev–Trinajstić information content (AvgIpc) is 3.35. The number of aliphatic hydroxyl groups excluding tert-OH is 1. The highest BCUT2D eigenvalue weighted by Gasteiger charge is 2.48. The Labute approximate surface area is 210 Å². The van der Waals surface area contributed by atoms with E-state index in [-0.39, 0.29) is 11.3 Å². The molecule has 1 aromatic heterocycles. The maximum atomic E-state index is 13.3. The monoisotopic (exact) mass is 517 g/mol. The molecule has 1 atom stereocenters. The van der Waals surface area contributed by atoms with Gasteiger partial charge in [-0.25, -0.2) is 0 Å². The van der Waals surface area contributed by atoms with Crippen molar-refractivity contribution in [3.63, 3.8) is 0 Å². The molecule has 2 heterocycles. The lowest BCUT2D eigenvalue weighted by Crippen LogP contribution is -2.29. The summed E-state index contributed by atoms with van der Waals surface area (Å²) in [7, 11) is 1.49. The van der Waals surface area contributed by atoms with Gasteiger partial charge in [-0.05, 0) is 67.3 Å². The van der Waals surface area contributed by atoms with Crippen molar-refractivity contribution in [1.82, 2.24) is 0 Å². The van der Waals surface area contributed by atoms with Crippen LogP contribution in [-0.4, -0.2) is 30.5 Å². The van der Waals surface area contributed by atoms with Gasteiger partial charge in [-0.3, -0.25) is 14.5 Å². The van der Waals surface area contributed by atoms with E-state index in [0.717, 1.165) is 10.4 Å². The van der Waals surface area contributed by atoms with Crippen LogP contribution >= 0.6 is 34.5 Å². The van der Waals surface area contributed by atoms with Crippen LogP contribution in [0, 0.1) is 6.92 Å². The van der Waals surface area contributed by atoms with Gasteiger partial charge in [-0.1, -0.05) is 23.2 Å². The van der Waals surface area contributed by atoms with Gasteiger partial charge in [0.25, 0.3) is 11.7 Å². The lowest BCUT2D eigenvalue weighted by atomic mass is 9.98. The van der Waals surface area contributed by atoms with Gasteiger partial charge in [-0.15, -0.1) is 11.3 Å². The maximum Gasteiger partial charge on any atom is 0.300 e. The number of hydrogen-bond acceptors (Lipinski definition) is 6. The predicted octanol–water partition coefficient (Wildman–Crippen LogP) is 6.40. The molecule has 9 heteroatoms. The van der Waals surface area contributed by atoms with Gasteiger partial charge in [0.1, 0.15) is 23.3 Å². The number of benzene rings is 2. The molecule has 0 aliphatic carbocycles. The molecule has 6 nitrogen and oxygen atoms in total. The number of halogens is 2. The molecule has 1 amide bonds. The van der Waals surface area contributed by atoms with E-state index < -0.39 is 17.7 Å². The maximum absolute atomic E-state index is 13.3. The normalized spacial score (nSPS) is 17.3. The molecular weight excluding hydrogens is 497 g/mol. The molecular formula is C25H21Cl2NO5S. The Hall–Kier alpha value is -3.00. The number of amides is 1. The van der Waals surface area contributed by atoms with Gasteiger partial charge in [-0.2, -0.15) is 0 Å². The Morgan fingerprint density at radius 2 is 1.85 bits per heavy atom. The first kappa shape index (κ1) is 24.1. The minimum absolute atomic E-state index is 0.0211. The van der Waals surface area contributed by atoms with Crippen LogP contribution in [0.4, 0.5) is 5.69 Å². The molecule has 0 saturated carbocycles. The van der Waals surface area contributed by atoms with E-state index in [2.05, 4.69) is 0 Å². The van der Waals surface area contributed by atoms with Crippen LogP contribution in [0.5, 0.6) is 11.5 Å². The third kappa shape index (κ3) is 4.15. The van der Waals surface area contributed by atoms with Crippen molar-refractivity contribution in [3.05, 3.63) is 79.5 Å². The summed E-state index contributed by atoms with van der Waals surface area (Å²) in [6.45, 7) is 4.08. The number of ether oxygens (including phenoxy) is 2. The van der Waals surface area contributed by atoms with Crippen LogP contribution in [0.25, 0.3) is 5.76 Å². The van der Waals surface area contributed by atoms with Gasteiger partial charge in [0.15, 0.2) is 0 Å². The quantitative estimate of drug-likeness (QED) is 0.232. The summed E-state index contributed by atoms with van der Waals surface area (Å²) >= 11 is 13.9. The summed E-state index contributed by atoms with van der Waals surface area (Å²) in [5.41, 5.74) is 1.60. The molecule has 0 radical (unpaired) electrons. The highest BCUT2D eigenvalue weighted by atomic mass is 35.5. The van der Waals surface area contributed by atoms with Gasteiger partial charge < -0.3 is 14.6 Å². The van der Waals surface area contributed by atoms with Crippen LogP contribution in [0.1, 0.15) is 29.0 Å². The molecule has 1 saturated heterocycles. The van der Waals surface area contributed by atoms with Crippen molar-refractivity contribution in [2.75, 3.05) is 18.6 Å². The Bertz CT molecular complexity index is 1320. The summed E-state index contributed by atoms with van der Waals surface area (Å²) in [6.07, 6.45) is 0. The number of hydrogen-bond donors (Lipinski definition) is 1. The van der Waals surface area contributed by atoms with Gasteiger partial charge >= 0.3 is 0 Å². The topological polar surface area (TPSA) is 76.1 Å². The molecule has 34 heavy (non-hydrogen) atoms. The molecule has 1 aliphatic rings. The molecule has 1 aliphatic heterocycles. The number of nitrogens with zero attached hydrogens (tertiary/aromatic N) is 1. The van der Waals surface area contributed by atoms with E-state index in [1.165, 1.54) is 23.3 Å². The summed E-state index contributed by atoms with van der Waals surface area (Å²) in [5, 5.41) is 13.8. The number of carbonyl (C=O) groups excluding carboxylic acids is 2. The SMILES string of the molecule is CCOc1cc(/C(O)=C2/C(=O)C(=O)N(c3ccc(OC)c(Cl)c3)C2c2sccc2C)ccc1Cl. The van der Waals surface area contributed by atoms with E-state index >= 15 is 0 Å². The number of rotatable bonds is 6. The zero-order chi connectivity index (χ0) is 24.6. The number of aliphatic hydroxyl groups is 1. The van der Waals surface area contributed by atoms with E-state index in [1.807, 2.05) is 25.3 Å². The zero-order valence-corrected chi connectivity index (χ0v) is 20.9. The molecule has 1 fully saturated rings. The first-order chi connectivity index (χ1) is 16.3. The summed E-state index contributed by atoms with van der Waals surface area (Å²) < 4.78 is 10.7. The molecule has 176 valence electrons. The van der Waals surface area contributed by atoms with Crippen molar-refractivity contribution in [1.29, 1.82) is 0 Å². The number of methoxy groups -OCH3 is 1. The fourth-order valence-corrected chi connectivity index (χ4v) is 5.34. The fourth-order valence-electron chi connectivity index (χ4n) is 3.89. The van der Waals surface area contributed by atoms with Crippen LogP contribution in [0.2, 0.25) is 10.0 Å². The van der Waals surface area contributed by atoms with E-state index in [4.69, 9.17) is 32.7 Å². The van der Waals surface area contributed by atoms with Gasteiger partial charge in [0.05, 0.1) is 29.3 Å². The summed E-state index contributed by atoms with van der Waals surface area (Å²) in [6, 6.07) is 10.6. The zero-order valence-electron chi connectivity index (χ0n) is 18.6. The number of anilines is 1. The van der Waals surface area contributed by atoms with Crippen LogP contribution in [0.15, 0.2) is 53.4 Å². The minimum Gasteiger partial charge on any atom is -0.507 e. The summed E-state index contributed by atoms with van der Waals surface area (Å²) in [4.78, 5) is 28.7.